The van der Waals surface area contributed by atoms with Gasteiger partial charge >= 0.3 is 0 Å². The Morgan fingerprint density at radius 1 is 1.20 bits per heavy atom. The number of thioether (sulfide) groups is 2. The molecule has 0 aromatic heterocycles. The summed E-state index contributed by atoms with van der Waals surface area (Å²) in [5.74, 6) is 3.50. The third kappa shape index (κ3) is 0.940. The normalized spacial score (nSPS) is 45.5. The topological polar surface area (TPSA) is 17.1 Å². The van der Waals surface area contributed by atoms with Crippen LogP contribution in [0.2, 0.25) is 0 Å². The van der Waals surface area contributed by atoms with Crippen LogP contribution in [0.5, 0.6) is 0 Å². The van der Waals surface area contributed by atoms with Crippen molar-refractivity contribution in [2.24, 2.45) is 16.7 Å². The van der Waals surface area contributed by atoms with Crippen LogP contribution in [0, 0.1) is 16.7 Å². The Bertz CT molecular complexity index is 331. The van der Waals surface area contributed by atoms with Crippen LogP contribution in [0.25, 0.3) is 0 Å². The molecule has 2 bridgehead atoms. The lowest BCUT2D eigenvalue weighted by Gasteiger charge is -2.32. The van der Waals surface area contributed by atoms with Crippen molar-refractivity contribution in [2.75, 3.05) is 11.5 Å². The van der Waals surface area contributed by atoms with Crippen molar-refractivity contribution in [3.05, 3.63) is 0 Å². The van der Waals surface area contributed by atoms with Crippen molar-refractivity contribution in [3.8, 4) is 0 Å². The van der Waals surface area contributed by atoms with Gasteiger partial charge in [0, 0.05) is 16.9 Å². The van der Waals surface area contributed by atoms with Crippen molar-refractivity contribution in [2.45, 2.75) is 37.7 Å². The highest BCUT2D eigenvalue weighted by Gasteiger charge is 2.74. The molecule has 0 aromatic carbocycles. The summed E-state index contributed by atoms with van der Waals surface area (Å²) in [6.45, 7) is 6.84. The smallest absolute Gasteiger partial charge is 0.165 e. The Hall–Kier alpha value is 0.370. The zero-order valence-electron chi connectivity index (χ0n) is 9.63. The van der Waals surface area contributed by atoms with Gasteiger partial charge in [-0.05, 0) is 24.2 Å². The summed E-state index contributed by atoms with van der Waals surface area (Å²) in [5, 5.41) is 0. The average molecular weight is 242 g/mol. The van der Waals surface area contributed by atoms with Gasteiger partial charge in [-0.2, -0.15) is 0 Å². The molecule has 2 saturated carbocycles. The van der Waals surface area contributed by atoms with Gasteiger partial charge in [-0.15, -0.1) is 23.5 Å². The minimum absolute atomic E-state index is 0.0397. The van der Waals surface area contributed by atoms with Crippen LogP contribution in [0.4, 0.5) is 0 Å². The van der Waals surface area contributed by atoms with Gasteiger partial charge in [0.05, 0.1) is 0 Å². The van der Waals surface area contributed by atoms with E-state index in [-0.39, 0.29) is 14.9 Å². The van der Waals surface area contributed by atoms with E-state index in [1.807, 2.05) is 23.5 Å². The molecule has 1 saturated heterocycles. The number of carbonyl (C=O) groups excluding carboxylic acids is 1. The summed E-state index contributed by atoms with van der Waals surface area (Å²) < 4.78 is -0.0451. The first-order valence-corrected chi connectivity index (χ1v) is 7.75. The number of ketones is 1. The summed E-state index contributed by atoms with van der Waals surface area (Å²) >= 11 is 3.88. The molecule has 3 rings (SSSR count). The van der Waals surface area contributed by atoms with Gasteiger partial charge in [0.25, 0.3) is 0 Å². The van der Waals surface area contributed by atoms with Crippen LogP contribution in [0.15, 0.2) is 0 Å². The second kappa shape index (κ2) is 2.79. The van der Waals surface area contributed by atoms with E-state index in [2.05, 4.69) is 20.8 Å². The predicted molar refractivity (Wildman–Crippen MR) is 67.3 cm³/mol. The molecule has 2 atom stereocenters. The average Bonchev–Trinajstić information content (AvgIpc) is 2.74. The summed E-state index contributed by atoms with van der Waals surface area (Å²) in [7, 11) is 0. The van der Waals surface area contributed by atoms with Gasteiger partial charge in [0.1, 0.15) is 4.08 Å². The first-order chi connectivity index (χ1) is 6.95. The highest BCUT2D eigenvalue weighted by atomic mass is 32.2. The molecular weight excluding hydrogens is 224 g/mol. The molecule has 1 aliphatic heterocycles. The largest absolute Gasteiger partial charge is 0.297 e. The summed E-state index contributed by atoms with van der Waals surface area (Å²) in [6, 6.07) is 0. The number of Topliss-reactive ketones (excluding diaryl/α,β-unsaturated/α-hetero) is 1. The van der Waals surface area contributed by atoms with E-state index in [9.17, 15) is 4.79 Å². The Balaban J connectivity index is 2.14. The monoisotopic (exact) mass is 242 g/mol. The van der Waals surface area contributed by atoms with Crippen molar-refractivity contribution in [3.63, 3.8) is 0 Å². The highest BCUT2D eigenvalue weighted by Crippen LogP contribution is 2.74. The molecule has 15 heavy (non-hydrogen) atoms. The van der Waals surface area contributed by atoms with E-state index in [1.165, 1.54) is 17.9 Å². The van der Waals surface area contributed by atoms with Gasteiger partial charge in [-0.3, -0.25) is 4.79 Å². The van der Waals surface area contributed by atoms with Crippen molar-refractivity contribution >= 4 is 29.3 Å². The predicted octanol–water partition coefficient (Wildman–Crippen LogP) is 3.19. The molecule has 1 nitrogen and oxygen atoms in total. The van der Waals surface area contributed by atoms with Crippen LogP contribution in [-0.4, -0.2) is 21.4 Å². The Labute approximate surface area is 100 Å². The van der Waals surface area contributed by atoms with E-state index >= 15 is 0 Å². The summed E-state index contributed by atoms with van der Waals surface area (Å²) in [5.41, 5.74) is 0.177. The first kappa shape index (κ1) is 10.5. The number of hydrogen-bond donors (Lipinski definition) is 0. The molecule has 0 aromatic rings. The molecule has 2 aliphatic carbocycles. The quantitative estimate of drug-likeness (QED) is 0.649. The van der Waals surface area contributed by atoms with Gasteiger partial charge < -0.3 is 0 Å². The Morgan fingerprint density at radius 2 is 1.80 bits per heavy atom. The number of hydrogen-bond acceptors (Lipinski definition) is 3. The van der Waals surface area contributed by atoms with Gasteiger partial charge in [0.15, 0.2) is 5.78 Å². The van der Waals surface area contributed by atoms with Crippen LogP contribution >= 0.6 is 23.5 Å². The zero-order valence-corrected chi connectivity index (χ0v) is 11.3. The van der Waals surface area contributed by atoms with Crippen molar-refractivity contribution in [1.29, 1.82) is 0 Å². The second-order valence-electron chi connectivity index (χ2n) is 5.84. The van der Waals surface area contributed by atoms with E-state index in [0.29, 0.717) is 11.7 Å². The molecule has 3 heteroatoms. The lowest BCUT2D eigenvalue weighted by atomic mass is 9.70. The minimum atomic E-state index is -0.0451. The van der Waals surface area contributed by atoms with Crippen LogP contribution < -0.4 is 0 Å². The molecular formula is C12H18OS2. The standard InChI is InChI=1S/C12H18OS2/c1-10(2)8-4-5-11(10,3)9(13)12(8)14-6-7-15-12/h8H,4-7H2,1-3H3/t8-,11-/m0/s1. The lowest BCUT2D eigenvalue weighted by Crippen LogP contribution is -2.39. The molecule has 84 valence electrons. The second-order valence-corrected chi connectivity index (χ2v) is 8.78. The van der Waals surface area contributed by atoms with Gasteiger partial charge in [-0.25, -0.2) is 0 Å². The molecule has 0 amide bonds. The highest BCUT2D eigenvalue weighted by molar-refractivity contribution is 8.22. The SMILES string of the molecule is CC1(C)[C@@H]2CC[C@@]1(C)C(=O)C21SCCS1. The fraction of sp³-hybridized carbons (Fsp3) is 0.917. The van der Waals surface area contributed by atoms with Crippen LogP contribution in [0.3, 0.4) is 0 Å². The van der Waals surface area contributed by atoms with E-state index in [0.717, 1.165) is 6.42 Å². The summed E-state index contributed by atoms with van der Waals surface area (Å²) in [4.78, 5) is 12.7. The van der Waals surface area contributed by atoms with Crippen LogP contribution in [0.1, 0.15) is 33.6 Å². The molecule has 1 heterocycles. The molecule has 0 N–H and O–H groups in total. The molecule has 1 spiro atoms. The maximum Gasteiger partial charge on any atom is 0.165 e. The van der Waals surface area contributed by atoms with Crippen molar-refractivity contribution in [1.82, 2.24) is 0 Å². The molecule has 0 radical (unpaired) electrons. The van der Waals surface area contributed by atoms with E-state index in [1.54, 1.807) is 0 Å². The maximum absolute atomic E-state index is 12.7. The Morgan fingerprint density at radius 3 is 2.27 bits per heavy atom. The number of rotatable bonds is 0. The van der Waals surface area contributed by atoms with Gasteiger partial charge in [0.2, 0.25) is 0 Å². The van der Waals surface area contributed by atoms with E-state index in [4.69, 9.17) is 0 Å². The number of fused-ring (bicyclic) bond motifs is 3. The number of carbonyl (C=O) groups is 1. The minimum Gasteiger partial charge on any atom is -0.297 e. The molecule has 3 fully saturated rings. The lowest BCUT2D eigenvalue weighted by molar-refractivity contribution is -0.128. The third-order valence-corrected chi connectivity index (χ3v) is 8.80. The fourth-order valence-corrected chi connectivity index (χ4v) is 7.92. The van der Waals surface area contributed by atoms with E-state index < -0.39 is 0 Å². The van der Waals surface area contributed by atoms with Crippen LogP contribution in [-0.2, 0) is 4.79 Å². The summed E-state index contributed by atoms with van der Waals surface area (Å²) in [6.07, 6.45) is 2.38. The van der Waals surface area contributed by atoms with Gasteiger partial charge in [-0.1, -0.05) is 20.8 Å². The zero-order chi connectivity index (χ0) is 10.9. The molecule has 0 unspecified atom stereocenters. The Kier molecular flexibility index (Phi) is 1.95. The molecule has 3 aliphatic rings. The first-order valence-electron chi connectivity index (χ1n) is 5.78. The fourth-order valence-electron chi connectivity index (χ4n) is 3.88. The third-order valence-electron chi connectivity index (χ3n) is 5.22. The van der Waals surface area contributed by atoms with Crippen molar-refractivity contribution < 1.29 is 4.79 Å². The maximum atomic E-state index is 12.7.